The van der Waals surface area contributed by atoms with Crippen molar-refractivity contribution < 1.29 is 14.7 Å². The summed E-state index contributed by atoms with van der Waals surface area (Å²) >= 11 is 0. The molecule has 21 heavy (non-hydrogen) atoms. The van der Waals surface area contributed by atoms with Gasteiger partial charge in [-0.3, -0.25) is 4.79 Å². The van der Waals surface area contributed by atoms with E-state index in [1.165, 1.54) is 0 Å². The minimum absolute atomic E-state index is 0.0420. The Hall–Kier alpha value is -1.30. The second-order valence-electron chi connectivity index (χ2n) is 6.53. The Kier molecular flexibility index (Phi) is 5.08. The molecule has 2 saturated heterocycles. The number of carbonyl (C=O) groups excluding carboxylic acids is 1. The van der Waals surface area contributed by atoms with Crippen LogP contribution in [0.2, 0.25) is 0 Å². The number of aliphatic carboxylic acids is 1. The van der Waals surface area contributed by atoms with Gasteiger partial charge in [0.1, 0.15) is 0 Å². The summed E-state index contributed by atoms with van der Waals surface area (Å²) in [5, 5.41) is 12.4. The first-order valence-corrected chi connectivity index (χ1v) is 7.91. The number of hydrogen-bond acceptors (Lipinski definition) is 3. The van der Waals surface area contributed by atoms with Gasteiger partial charge in [-0.15, -0.1) is 0 Å². The Morgan fingerprint density at radius 2 is 1.95 bits per heavy atom. The number of carbonyl (C=O) groups is 2. The van der Waals surface area contributed by atoms with E-state index in [-0.39, 0.29) is 6.03 Å². The zero-order chi connectivity index (χ0) is 15.5. The van der Waals surface area contributed by atoms with Crippen molar-refractivity contribution in [3.05, 3.63) is 0 Å². The van der Waals surface area contributed by atoms with Crippen molar-refractivity contribution in [1.82, 2.24) is 15.1 Å². The second kappa shape index (κ2) is 6.64. The van der Waals surface area contributed by atoms with E-state index in [0.29, 0.717) is 38.3 Å². The molecule has 120 valence electrons. The number of amides is 2. The third-order valence-corrected chi connectivity index (χ3v) is 5.17. The molecule has 2 N–H and O–H groups in total. The van der Waals surface area contributed by atoms with Gasteiger partial charge in [0.05, 0.1) is 5.41 Å². The Labute approximate surface area is 126 Å². The van der Waals surface area contributed by atoms with E-state index < -0.39 is 11.4 Å². The summed E-state index contributed by atoms with van der Waals surface area (Å²) in [6.07, 6.45) is 2.87. The highest BCUT2D eigenvalue weighted by molar-refractivity contribution is 5.77. The maximum Gasteiger partial charge on any atom is 0.317 e. The van der Waals surface area contributed by atoms with Crippen LogP contribution >= 0.6 is 0 Å². The van der Waals surface area contributed by atoms with Crippen molar-refractivity contribution in [3.63, 3.8) is 0 Å². The lowest BCUT2D eigenvalue weighted by Gasteiger charge is -2.38. The lowest BCUT2D eigenvalue weighted by molar-refractivity contribution is -0.151. The summed E-state index contributed by atoms with van der Waals surface area (Å²) in [7, 11) is 2.10. The molecular formula is C15H27N3O3. The van der Waals surface area contributed by atoms with Crippen molar-refractivity contribution in [3.8, 4) is 0 Å². The normalized spacial score (nSPS) is 25.8. The number of piperidine rings is 1. The SMILES string of the molecule is CCC1(C(=O)O)CCN(C(=O)NCC2CCN(C)C2)CC1. The maximum atomic E-state index is 12.2. The average molecular weight is 297 g/mol. The lowest BCUT2D eigenvalue weighted by Crippen LogP contribution is -2.50. The summed E-state index contributed by atoms with van der Waals surface area (Å²) in [6, 6.07) is -0.0420. The molecule has 6 nitrogen and oxygen atoms in total. The molecule has 1 unspecified atom stereocenters. The fourth-order valence-corrected chi connectivity index (χ4v) is 3.39. The molecule has 2 aliphatic rings. The number of urea groups is 1. The van der Waals surface area contributed by atoms with E-state index >= 15 is 0 Å². The molecule has 2 amide bonds. The zero-order valence-corrected chi connectivity index (χ0v) is 13.1. The Balaban J connectivity index is 1.76. The van der Waals surface area contributed by atoms with Gasteiger partial charge in [0, 0.05) is 26.2 Å². The van der Waals surface area contributed by atoms with Crippen LogP contribution in [0.3, 0.4) is 0 Å². The number of nitrogens with zero attached hydrogens (tertiary/aromatic N) is 2. The topological polar surface area (TPSA) is 72.9 Å². The summed E-state index contributed by atoms with van der Waals surface area (Å²) in [6.45, 7) is 5.85. The molecule has 0 bridgehead atoms. The number of carboxylic acids is 1. The van der Waals surface area contributed by atoms with Crippen LogP contribution in [-0.2, 0) is 4.79 Å². The monoisotopic (exact) mass is 297 g/mol. The molecule has 0 spiro atoms. The van der Waals surface area contributed by atoms with Gasteiger partial charge in [-0.2, -0.15) is 0 Å². The molecule has 2 fully saturated rings. The van der Waals surface area contributed by atoms with Gasteiger partial charge in [-0.25, -0.2) is 4.79 Å². The molecule has 0 aromatic heterocycles. The van der Waals surface area contributed by atoms with Crippen LogP contribution in [0.5, 0.6) is 0 Å². The quantitative estimate of drug-likeness (QED) is 0.818. The van der Waals surface area contributed by atoms with Crippen LogP contribution < -0.4 is 5.32 Å². The predicted molar refractivity (Wildman–Crippen MR) is 80.2 cm³/mol. The molecule has 1 atom stereocenters. The van der Waals surface area contributed by atoms with Gasteiger partial charge in [-0.1, -0.05) is 6.92 Å². The molecule has 0 aromatic rings. The smallest absolute Gasteiger partial charge is 0.317 e. The first-order chi connectivity index (χ1) is 9.97. The third kappa shape index (κ3) is 3.67. The number of likely N-dealkylation sites (tertiary alicyclic amines) is 2. The van der Waals surface area contributed by atoms with Gasteiger partial charge < -0.3 is 20.2 Å². The highest BCUT2D eigenvalue weighted by atomic mass is 16.4. The van der Waals surface area contributed by atoms with E-state index in [1.807, 2.05) is 6.92 Å². The van der Waals surface area contributed by atoms with Crippen molar-refractivity contribution >= 4 is 12.0 Å². The summed E-state index contributed by atoms with van der Waals surface area (Å²) in [4.78, 5) is 27.6. The van der Waals surface area contributed by atoms with Crippen LogP contribution in [0.4, 0.5) is 4.79 Å². The Morgan fingerprint density at radius 3 is 2.43 bits per heavy atom. The van der Waals surface area contributed by atoms with E-state index in [1.54, 1.807) is 4.90 Å². The minimum Gasteiger partial charge on any atom is -0.481 e. The summed E-state index contributed by atoms with van der Waals surface area (Å²) in [5.41, 5.74) is -0.634. The minimum atomic E-state index is -0.723. The summed E-state index contributed by atoms with van der Waals surface area (Å²) < 4.78 is 0. The fraction of sp³-hybridized carbons (Fsp3) is 0.867. The van der Waals surface area contributed by atoms with Crippen LogP contribution in [0.25, 0.3) is 0 Å². The molecule has 2 aliphatic heterocycles. The Bertz CT molecular complexity index is 392. The number of rotatable bonds is 4. The number of carboxylic acid groups (broad SMARTS) is 1. The largest absolute Gasteiger partial charge is 0.481 e. The van der Waals surface area contributed by atoms with Crippen LogP contribution in [0.15, 0.2) is 0 Å². The first-order valence-electron chi connectivity index (χ1n) is 7.91. The van der Waals surface area contributed by atoms with E-state index in [9.17, 15) is 14.7 Å². The number of hydrogen-bond donors (Lipinski definition) is 2. The van der Waals surface area contributed by atoms with E-state index in [0.717, 1.165) is 26.1 Å². The highest BCUT2D eigenvalue weighted by Crippen LogP contribution is 2.35. The molecule has 0 aliphatic carbocycles. The van der Waals surface area contributed by atoms with Crippen molar-refractivity contribution in [2.24, 2.45) is 11.3 Å². The number of nitrogens with one attached hydrogen (secondary N) is 1. The second-order valence-corrected chi connectivity index (χ2v) is 6.53. The summed E-state index contributed by atoms with van der Waals surface area (Å²) in [5.74, 6) is -0.184. The molecule has 2 heterocycles. The molecule has 0 saturated carbocycles. The van der Waals surface area contributed by atoms with Crippen molar-refractivity contribution in [2.75, 3.05) is 39.8 Å². The van der Waals surface area contributed by atoms with Crippen LogP contribution in [0.1, 0.15) is 32.6 Å². The van der Waals surface area contributed by atoms with E-state index in [4.69, 9.17) is 0 Å². The predicted octanol–water partition coefficient (Wildman–Crippen LogP) is 1.22. The van der Waals surface area contributed by atoms with Gasteiger partial charge in [-0.05, 0) is 45.2 Å². The molecular weight excluding hydrogens is 270 g/mol. The van der Waals surface area contributed by atoms with Gasteiger partial charge in [0.15, 0.2) is 0 Å². The van der Waals surface area contributed by atoms with Crippen molar-refractivity contribution in [2.45, 2.75) is 32.6 Å². The van der Waals surface area contributed by atoms with Crippen LogP contribution in [0, 0.1) is 11.3 Å². The maximum absolute atomic E-state index is 12.2. The lowest BCUT2D eigenvalue weighted by atomic mass is 9.76. The van der Waals surface area contributed by atoms with E-state index in [2.05, 4.69) is 17.3 Å². The van der Waals surface area contributed by atoms with Crippen LogP contribution in [-0.4, -0.2) is 66.7 Å². The zero-order valence-electron chi connectivity index (χ0n) is 13.1. The van der Waals surface area contributed by atoms with Crippen molar-refractivity contribution in [1.29, 1.82) is 0 Å². The molecule has 0 radical (unpaired) electrons. The van der Waals surface area contributed by atoms with Gasteiger partial charge >= 0.3 is 12.0 Å². The Morgan fingerprint density at radius 1 is 1.29 bits per heavy atom. The third-order valence-electron chi connectivity index (χ3n) is 5.17. The van der Waals surface area contributed by atoms with Gasteiger partial charge in [0.2, 0.25) is 0 Å². The highest BCUT2D eigenvalue weighted by Gasteiger charge is 2.40. The molecule has 2 rings (SSSR count). The molecule has 0 aromatic carbocycles. The standard InChI is InChI=1S/C15H27N3O3/c1-3-15(13(19)20)5-8-18(9-6-15)14(21)16-10-12-4-7-17(2)11-12/h12H,3-11H2,1-2H3,(H,16,21)(H,19,20). The fourth-order valence-electron chi connectivity index (χ4n) is 3.39. The molecule has 6 heteroatoms. The van der Waals surface area contributed by atoms with Gasteiger partial charge in [0.25, 0.3) is 0 Å². The first kappa shape index (κ1) is 16.1. The average Bonchev–Trinajstić information content (AvgIpc) is 2.90.